The number of ether oxygens (including phenoxy) is 1. The molecule has 1 rings (SSSR count). The topological polar surface area (TPSA) is 67.4 Å². The lowest BCUT2D eigenvalue weighted by molar-refractivity contribution is -0.140. The van der Waals surface area contributed by atoms with Crippen LogP contribution in [-0.2, 0) is 9.53 Å². The number of urea groups is 1. The Morgan fingerprint density at radius 3 is 2.93 bits per heavy atom. The number of esters is 1. The van der Waals surface area contributed by atoms with Crippen LogP contribution in [-0.4, -0.2) is 31.7 Å². The minimum absolute atomic E-state index is 0.0945. The minimum Gasteiger partial charge on any atom is -0.469 e. The SMILES string of the molecule is COC(=O)CCCCC1CNC(=O)N1. The van der Waals surface area contributed by atoms with Crippen LogP contribution in [0.5, 0.6) is 0 Å². The molecule has 1 aliphatic heterocycles. The molecule has 1 fully saturated rings. The lowest BCUT2D eigenvalue weighted by Gasteiger charge is -2.06. The molecule has 2 amide bonds. The molecule has 80 valence electrons. The highest BCUT2D eigenvalue weighted by atomic mass is 16.5. The van der Waals surface area contributed by atoms with E-state index in [0.717, 1.165) is 19.3 Å². The Kier molecular flexibility index (Phi) is 4.22. The number of rotatable bonds is 5. The molecular formula is C9H16N2O3. The largest absolute Gasteiger partial charge is 0.469 e. The van der Waals surface area contributed by atoms with Gasteiger partial charge in [-0.1, -0.05) is 6.42 Å². The van der Waals surface area contributed by atoms with Crippen LogP contribution in [0.1, 0.15) is 25.7 Å². The summed E-state index contributed by atoms with van der Waals surface area (Å²) in [5.41, 5.74) is 0. The van der Waals surface area contributed by atoms with Crippen LogP contribution >= 0.6 is 0 Å². The van der Waals surface area contributed by atoms with E-state index in [1.54, 1.807) is 0 Å². The monoisotopic (exact) mass is 200 g/mol. The Morgan fingerprint density at radius 2 is 2.36 bits per heavy atom. The molecule has 5 nitrogen and oxygen atoms in total. The van der Waals surface area contributed by atoms with E-state index in [4.69, 9.17) is 0 Å². The maximum Gasteiger partial charge on any atom is 0.315 e. The van der Waals surface area contributed by atoms with Gasteiger partial charge in [-0.05, 0) is 12.8 Å². The van der Waals surface area contributed by atoms with Crippen molar-refractivity contribution < 1.29 is 14.3 Å². The van der Waals surface area contributed by atoms with Crippen molar-refractivity contribution >= 4 is 12.0 Å². The molecule has 0 spiro atoms. The summed E-state index contributed by atoms with van der Waals surface area (Å²) in [6, 6.07) is 0.128. The van der Waals surface area contributed by atoms with Crippen molar-refractivity contribution in [3.63, 3.8) is 0 Å². The van der Waals surface area contributed by atoms with E-state index in [1.807, 2.05) is 0 Å². The van der Waals surface area contributed by atoms with Crippen LogP contribution in [0.25, 0.3) is 0 Å². The van der Waals surface area contributed by atoms with Crippen molar-refractivity contribution in [1.29, 1.82) is 0 Å². The van der Waals surface area contributed by atoms with Gasteiger partial charge in [0.2, 0.25) is 0 Å². The van der Waals surface area contributed by atoms with Crippen molar-refractivity contribution in [3.8, 4) is 0 Å². The van der Waals surface area contributed by atoms with E-state index < -0.39 is 0 Å². The number of nitrogens with one attached hydrogen (secondary N) is 2. The predicted octanol–water partition coefficient (Wildman–Crippen LogP) is 0.401. The number of carbonyl (C=O) groups is 2. The summed E-state index contributed by atoms with van der Waals surface area (Å²) in [5.74, 6) is -0.168. The lowest BCUT2D eigenvalue weighted by atomic mass is 10.1. The van der Waals surface area contributed by atoms with Gasteiger partial charge in [-0.3, -0.25) is 4.79 Å². The zero-order valence-corrected chi connectivity index (χ0v) is 8.34. The number of methoxy groups -OCH3 is 1. The van der Waals surface area contributed by atoms with Crippen LogP contribution in [0.3, 0.4) is 0 Å². The van der Waals surface area contributed by atoms with Gasteiger partial charge in [-0.15, -0.1) is 0 Å². The molecule has 1 atom stereocenters. The van der Waals surface area contributed by atoms with E-state index in [-0.39, 0.29) is 18.0 Å². The van der Waals surface area contributed by atoms with E-state index in [1.165, 1.54) is 7.11 Å². The Labute approximate surface area is 83.2 Å². The summed E-state index contributed by atoms with van der Waals surface area (Å²) >= 11 is 0. The van der Waals surface area contributed by atoms with E-state index in [2.05, 4.69) is 15.4 Å². The molecule has 0 aromatic carbocycles. The Morgan fingerprint density at radius 1 is 1.57 bits per heavy atom. The van der Waals surface area contributed by atoms with Crippen molar-refractivity contribution in [2.45, 2.75) is 31.7 Å². The van der Waals surface area contributed by atoms with Crippen LogP contribution in [0, 0.1) is 0 Å². The standard InChI is InChI=1S/C9H16N2O3/c1-14-8(12)5-3-2-4-7-6-10-9(13)11-7/h7H,2-6H2,1H3,(H2,10,11,13). The first-order chi connectivity index (χ1) is 6.72. The van der Waals surface area contributed by atoms with Gasteiger partial charge in [0.15, 0.2) is 0 Å². The fraction of sp³-hybridized carbons (Fsp3) is 0.778. The number of unbranched alkanes of at least 4 members (excludes halogenated alkanes) is 1. The number of hydrogen-bond acceptors (Lipinski definition) is 3. The average molecular weight is 200 g/mol. The zero-order chi connectivity index (χ0) is 10.4. The van der Waals surface area contributed by atoms with Gasteiger partial charge < -0.3 is 15.4 Å². The molecule has 0 aliphatic carbocycles. The Bertz CT molecular complexity index is 218. The van der Waals surface area contributed by atoms with Crippen molar-refractivity contribution in [2.75, 3.05) is 13.7 Å². The van der Waals surface area contributed by atoms with Crippen molar-refractivity contribution in [2.24, 2.45) is 0 Å². The fourth-order valence-electron chi connectivity index (χ4n) is 1.44. The number of carbonyl (C=O) groups excluding carboxylic acids is 2. The van der Waals surface area contributed by atoms with Gasteiger partial charge in [0.05, 0.1) is 7.11 Å². The molecule has 1 aliphatic rings. The molecule has 0 aromatic heterocycles. The average Bonchev–Trinajstić information content (AvgIpc) is 2.58. The normalized spacial score (nSPS) is 20.1. The summed E-state index contributed by atoms with van der Waals surface area (Å²) in [4.78, 5) is 21.5. The highest BCUT2D eigenvalue weighted by Crippen LogP contribution is 2.06. The predicted molar refractivity (Wildman–Crippen MR) is 50.8 cm³/mol. The summed E-state index contributed by atoms with van der Waals surface area (Å²) in [7, 11) is 1.39. The molecule has 1 saturated heterocycles. The van der Waals surface area contributed by atoms with Crippen LogP contribution in [0.4, 0.5) is 4.79 Å². The molecule has 5 heteroatoms. The first kappa shape index (κ1) is 10.8. The van der Waals surface area contributed by atoms with Gasteiger partial charge in [0.25, 0.3) is 0 Å². The summed E-state index contributed by atoms with van der Waals surface area (Å²) in [5, 5.41) is 5.48. The number of amides is 2. The lowest BCUT2D eigenvalue weighted by Crippen LogP contribution is -2.26. The van der Waals surface area contributed by atoms with Gasteiger partial charge in [-0.25, -0.2) is 4.79 Å². The third-order valence-corrected chi connectivity index (χ3v) is 2.26. The molecule has 1 unspecified atom stereocenters. The second kappa shape index (κ2) is 5.47. The van der Waals surface area contributed by atoms with Crippen molar-refractivity contribution in [1.82, 2.24) is 10.6 Å². The van der Waals surface area contributed by atoms with Gasteiger partial charge >= 0.3 is 12.0 Å². The van der Waals surface area contributed by atoms with Crippen LogP contribution < -0.4 is 10.6 Å². The van der Waals surface area contributed by atoms with E-state index in [0.29, 0.717) is 13.0 Å². The summed E-state index contributed by atoms with van der Waals surface area (Å²) in [6.45, 7) is 0.692. The second-order valence-corrected chi connectivity index (χ2v) is 3.37. The molecule has 0 saturated carbocycles. The third-order valence-electron chi connectivity index (χ3n) is 2.26. The molecule has 2 N–H and O–H groups in total. The smallest absolute Gasteiger partial charge is 0.315 e. The Hall–Kier alpha value is -1.26. The van der Waals surface area contributed by atoms with Gasteiger partial charge in [0, 0.05) is 19.0 Å². The molecule has 14 heavy (non-hydrogen) atoms. The number of hydrogen-bond donors (Lipinski definition) is 2. The quantitative estimate of drug-likeness (QED) is 0.498. The van der Waals surface area contributed by atoms with Crippen LogP contribution in [0.15, 0.2) is 0 Å². The first-order valence-electron chi connectivity index (χ1n) is 4.83. The fourth-order valence-corrected chi connectivity index (χ4v) is 1.44. The highest BCUT2D eigenvalue weighted by molar-refractivity contribution is 5.76. The minimum atomic E-state index is -0.168. The highest BCUT2D eigenvalue weighted by Gasteiger charge is 2.18. The van der Waals surface area contributed by atoms with Gasteiger partial charge in [0.1, 0.15) is 0 Å². The molecule has 1 heterocycles. The molecule has 0 radical (unpaired) electrons. The summed E-state index contributed by atoms with van der Waals surface area (Å²) < 4.78 is 4.52. The maximum absolute atomic E-state index is 10.8. The van der Waals surface area contributed by atoms with E-state index >= 15 is 0 Å². The molecular weight excluding hydrogens is 184 g/mol. The molecule has 0 aromatic rings. The second-order valence-electron chi connectivity index (χ2n) is 3.37. The summed E-state index contributed by atoms with van der Waals surface area (Å²) in [6.07, 6.45) is 3.13. The first-order valence-corrected chi connectivity index (χ1v) is 4.83. The van der Waals surface area contributed by atoms with Gasteiger partial charge in [-0.2, -0.15) is 0 Å². The third kappa shape index (κ3) is 3.64. The molecule has 0 bridgehead atoms. The van der Waals surface area contributed by atoms with Crippen molar-refractivity contribution in [3.05, 3.63) is 0 Å². The van der Waals surface area contributed by atoms with Crippen LogP contribution in [0.2, 0.25) is 0 Å². The maximum atomic E-state index is 10.8. The zero-order valence-electron chi connectivity index (χ0n) is 8.34. The Balaban J connectivity index is 1.99. The van der Waals surface area contributed by atoms with E-state index in [9.17, 15) is 9.59 Å².